The molecule has 1 aromatic rings. The first-order chi connectivity index (χ1) is 8.08. The van der Waals surface area contributed by atoms with E-state index in [1.54, 1.807) is 11.3 Å². The van der Waals surface area contributed by atoms with Crippen molar-refractivity contribution in [1.82, 2.24) is 5.32 Å². The van der Waals surface area contributed by atoms with E-state index in [2.05, 4.69) is 35.1 Å². The van der Waals surface area contributed by atoms with Crippen LogP contribution in [0.1, 0.15) is 45.8 Å². The van der Waals surface area contributed by atoms with Gasteiger partial charge in [-0.15, -0.1) is 11.3 Å². The van der Waals surface area contributed by atoms with Gasteiger partial charge in [-0.05, 0) is 38.3 Å². The highest BCUT2D eigenvalue weighted by Crippen LogP contribution is 2.26. The third-order valence-electron chi connectivity index (χ3n) is 3.39. The molecule has 2 rings (SSSR count). The fourth-order valence-corrected chi connectivity index (χ4v) is 3.83. The maximum Gasteiger partial charge on any atom is 0.261 e. The molecule has 0 spiro atoms. The predicted octanol–water partition coefficient (Wildman–Crippen LogP) is 3.80. The van der Waals surface area contributed by atoms with Crippen molar-refractivity contribution in [3.63, 3.8) is 0 Å². The Bertz CT molecular complexity index is 396. The Labute approximate surface area is 115 Å². The van der Waals surface area contributed by atoms with E-state index >= 15 is 0 Å². The highest BCUT2D eigenvalue weighted by Gasteiger charge is 2.25. The molecule has 1 saturated carbocycles. The SMILES string of the molecule is Cc1cc(C(=O)NC2CCCCC2Br)sc1C. The molecule has 1 aliphatic rings. The van der Waals surface area contributed by atoms with Crippen molar-refractivity contribution < 1.29 is 4.79 Å². The largest absolute Gasteiger partial charge is 0.347 e. The monoisotopic (exact) mass is 315 g/mol. The zero-order valence-electron chi connectivity index (χ0n) is 10.3. The van der Waals surface area contributed by atoms with Crippen molar-refractivity contribution in [1.29, 1.82) is 0 Å². The summed E-state index contributed by atoms with van der Waals surface area (Å²) in [6.45, 7) is 4.11. The van der Waals surface area contributed by atoms with Crippen molar-refractivity contribution in [3.8, 4) is 0 Å². The van der Waals surface area contributed by atoms with Crippen LogP contribution in [0.4, 0.5) is 0 Å². The van der Waals surface area contributed by atoms with Crippen LogP contribution < -0.4 is 5.32 Å². The summed E-state index contributed by atoms with van der Waals surface area (Å²) < 4.78 is 0. The van der Waals surface area contributed by atoms with Gasteiger partial charge in [0.1, 0.15) is 0 Å². The number of carbonyl (C=O) groups excluding carboxylic acids is 1. The van der Waals surface area contributed by atoms with E-state index in [1.807, 2.05) is 6.07 Å². The molecule has 2 nitrogen and oxygen atoms in total. The highest BCUT2D eigenvalue weighted by molar-refractivity contribution is 9.09. The molecule has 1 aromatic heterocycles. The van der Waals surface area contributed by atoms with Gasteiger partial charge in [0, 0.05) is 15.7 Å². The number of carbonyl (C=O) groups is 1. The number of alkyl halides is 1. The van der Waals surface area contributed by atoms with E-state index in [-0.39, 0.29) is 5.91 Å². The fourth-order valence-electron chi connectivity index (χ4n) is 2.17. The molecule has 0 radical (unpaired) electrons. The molecule has 94 valence electrons. The van der Waals surface area contributed by atoms with E-state index in [4.69, 9.17) is 0 Å². The zero-order chi connectivity index (χ0) is 12.4. The molecule has 1 heterocycles. The lowest BCUT2D eigenvalue weighted by Gasteiger charge is -2.27. The van der Waals surface area contributed by atoms with Gasteiger partial charge in [-0.2, -0.15) is 0 Å². The van der Waals surface area contributed by atoms with Crippen molar-refractivity contribution in [2.45, 2.75) is 50.4 Å². The summed E-state index contributed by atoms with van der Waals surface area (Å²) >= 11 is 5.25. The molecule has 4 heteroatoms. The summed E-state index contributed by atoms with van der Waals surface area (Å²) in [4.78, 5) is 14.6. The van der Waals surface area contributed by atoms with E-state index in [9.17, 15) is 4.79 Å². The van der Waals surface area contributed by atoms with Crippen LogP contribution in [0.2, 0.25) is 0 Å². The number of thiophene rings is 1. The molecule has 0 bridgehead atoms. The lowest BCUT2D eigenvalue weighted by molar-refractivity contribution is 0.0934. The molecule has 2 unspecified atom stereocenters. The molecule has 0 saturated heterocycles. The Morgan fingerprint density at radius 1 is 1.41 bits per heavy atom. The van der Waals surface area contributed by atoms with E-state index in [1.165, 1.54) is 23.3 Å². The summed E-state index contributed by atoms with van der Waals surface area (Å²) in [5.74, 6) is 0.0857. The van der Waals surface area contributed by atoms with Gasteiger partial charge >= 0.3 is 0 Å². The maximum atomic E-state index is 12.1. The number of halogens is 1. The van der Waals surface area contributed by atoms with Crippen LogP contribution in [0, 0.1) is 13.8 Å². The van der Waals surface area contributed by atoms with Gasteiger partial charge in [0.25, 0.3) is 5.91 Å². The van der Waals surface area contributed by atoms with Gasteiger partial charge in [0.2, 0.25) is 0 Å². The summed E-state index contributed by atoms with van der Waals surface area (Å²) in [7, 11) is 0. The third kappa shape index (κ3) is 3.10. The van der Waals surface area contributed by atoms with Crippen LogP contribution >= 0.6 is 27.3 Å². The molecular formula is C13H18BrNOS. The number of hydrogen-bond donors (Lipinski definition) is 1. The van der Waals surface area contributed by atoms with Crippen molar-refractivity contribution in [3.05, 3.63) is 21.4 Å². The molecule has 0 aliphatic heterocycles. The zero-order valence-corrected chi connectivity index (χ0v) is 12.7. The van der Waals surface area contributed by atoms with Gasteiger partial charge in [0.15, 0.2) is 0 Å². The van der Waals surface area contributed by atoms with Gasteiger partial charge in [-0.25, -0.2) is 0 Å². The number of nitrogens with one attached hydrogen (secondary N) is 1. The van der Waals surface area contributed by atoms with E-state index in [0.717, 1.165) is 17.7 Å². The molecule has 17 heavy (non-hydrogen) atoms. The van der Waals surface area contributed by atoms with Crippen LogP contribution in [0.5, 0.6) is 0 Å². The summed E-state index contributed by atoms with van der Waals surface area (Å²) in [6.07, 6.45) is 4.73. The Balaban J connectivity index is 2.01. The summed E-state index contributed by atoms with van der Waals surface area (Å²) in [5, 5.41) is 3.15. The van der Waals surface area contributed by atoms with Gasteiger partial charge in [-0.1, -0.05) is 28.8 Å². The second kappa shape index (κ2) is 5.53. The van der Waals surface area contributed by atoms with Crippen LogP contribution in [-0.4, -0.2) is 16.8 Å². The molecule has 2 atom stereocenters. The van der Waals surface area contributed by atoms with Crippen LogP contribution in [0.25, 0.3) is 0 Å². The predicted molar refractivity (Wildman–Crippen MR) is 76.2 cm³/mol. The van der Waals surface area contributed by atoms with E-state index < -0.39 is 0 Å². The molecule has 0 aromatic carbocycles. The summed E-state index contributed by atoms with van der Waals surface area (Å²) in [6, 6.07) is 2.28. The Hall–Kier alpha value is -0.350. The van der Waals surface area contributed by atoms with E-state index in [0.29, 0.717) is 10.9 Å². The third-order valence-corrected chi connectivity index (χ3v) is 5.64. The minimum absolute atomic E-state index is 0.0857. The standard InChI is InChI=1S/C13H18BrNOS/c1-8-7-12(17-9(8)2)13(16)15-11-6-4-3-5-10(11)14/h7,10-11H,3-6H2,1-2H3,(H,15,16). The average molecular weight is 316 g/mol. The lowest BCUT2D eigenvalue weighted by Crippen LogP contribution is -2.42. The maximum absolute atomic E-state index is 12.1. The normalized spacial score (nSPS) is 24.6. The number of rotatable bonds is 2. The topological polar surface area (TPSA) is 29.1 Å². The molecular weight excluding hydrogens is 298 g/mol. The molecule has 1 N–H and O–H groups in total. The molecule has 1 amide bonds. The minimum Gasteiger partial charge on any atom is -0.347 e. The first kappa shape index (κ1) is 13.1. The van der Waals surface area contributed by atoms with Crippen molar-refractivity contribution in [2.75, 3.05) is 0 Å². The first-order valence-electron chi connectivity index (χ1n) is 6.10. The van der Waals surface area contributed by atoms with Gasteiger partial charge in [0.05, 0.1) is 4.88 Å². The second-order valence-corrected chi connectivity index (χ2v) is 7.16. The molecule has 1 fully saturated rings. The van der Waals surface area contributed by atoms with Gasteiger partial charge in [-0.3, -0.25) is 4.79 Å². The van der Waals surface area contributed by atoms with Crippen LogP contribution in [0.15, 0.2) is 6.07 Å². The number of hydrogen-bond acceptors (Lipinski definition) is 2. The molecule has 1 aliphatic carbocycles. The average Bonchev–Trinajstić information content (AvgIpc) is 2.63. The Morgan fingerprint density at radius 2 is 2.12 bits per heavy atom. The van der Waals surface area contributed by atoms with Gasteiger partial charge < -0.3 is 5.32 Å². The minimum atomic E-state index is 0.0857. The van der Waals surface area contributed by atoms with Crippen LogP contribution in [-0.2, 0) is 0 Å². The number of aryl methyl sites for hydroxylation is 2. The highest BCUT2D eigenvalue weighted by atomic mass is 79.9. The first-order valence-corrected chi connectivity index (χ1v) is 7.83. The lowest BCUT2D eigenvalue weighted by atomic mass is 9.95. The fraction of sp³-hybridized carbons (Fsp3) is 0.615. The van der Waals surface area contributed by atoms with Crippen molar-refractivity contribution in [2.24, 2.45) is 0 Å². The second-order valence-electron chi connectivity index (χ2n) is 4.73. The van der Waals surface area contributed by atoms with Crippen molar-refractivity contribution >= 4 is 33.2 Å². The quantitative estimate of drug-likeness (QED) is 0.826. The smallest absolute Gasteiger partial charge is 0.261 e. The Morgan fingerprint density at radius 3 is 2.71 bits per heavy atom. The summed E-state index contributed by atoms with van der Waals surface area (Å²) in [5.41, 5.74) is 1.21. The number of amides is 1. The Kier molecular flexibility index (Phi) is 4.26. The van der Waals surface area contributed by atoms with Crippen LogP contribution in [0.3, 0.4) is 0 Å².